The maximum absolute atomic E-state index is 14.0. The van der Waals surface area contributed by atoms with Gasteiger partial charge in [-0.1, -0.05) is 12.1 Å². The first kappa shape index (κ1) is 17.5. The number of hydrogen-bond donors (Lipinski definition) is 1. The summed E-state index contributed by atoms with van der Waals surface area (Å²) in [4.78, 5) is 28.4. The summed E-state index contributed by atoms with van der Waals surface area (Å²) in [6, 6.07) is 6.03. The molecule has 2 amide bonds. The lowest BCUT2D eigenvalue weighted by atomic mass is 10.0. The normalized spacial score (nSPS) is 20.3. The van der Waals surface area contributed by atoms with Crippen molar-refractivity contribution in [2.45, 2.75) is 31.7 Å². The molecule has 1 atom stereocenters. The Bertz CT molecular complexity index is 882. The van der Waals surface area contributed by atoms with Crippen LogP contribution in [0.5, 0.6) is 5.75 Å². The van der Waals surface area contributed by atoms with Gasteiger partial charge >= 0.3 is 0 Å². The number of halogens is 1. The van der Waals surface area contributed by atoms with Gasteiger partial charge in [0, 0.05) is 32.1 Å². The summed E-state index contributed by atoms with van der Waals surface area (Å²) in [7, 11) is 0. The highest BCUT2D eigenvalue weighted by Crippen LogP contribution is 2.25. The Morgan fingerprint density at radius 2 is 2.04 bits per heavy atom. The van der Waals surface area contributed by atoms with Gasteiger partial charge in [-0.15, -0.1) is 0 Å². The third kappa shape index (κ3) is 3.27. The maximum Gasteiger partial charge on any atom is 0.278 e. The van der Waals surface area contributed by atoms with Crippen molar-refractivity contribution in [1.29, 1.82) is 0 Å². The van der Waals surface area contributed by atoms with Crippen LogP contribution in [0, 0.1) is 5.82 Å². The van der Waals surface area contributed by atoms with Crippen molar-refractivity contribution in [2.75, 3.05) is 19.6 Å². The lowest BCUT2D eigenvalue weighted by Gasteiger charge is -2.37. The Kier molecular flexibility index (Phi) is 4.55. The van der Waals surface area contributed by atoms with Crippen LogP contribution in [0.4, 0.5) is 4.39 Å². The van der Waals surface area contributed by atoms with Crippen LogP contribution in [0.2, 0.25) is 0 Å². The SMILES string of the molecule is O=C(c1nn(-c2ccccc2F)cc1O)N1CCCC(N2CCCC2=O)C1. The molecule has 0 spiro atoms. The lowest BCUT2D eigenvalue weighted by Crippen LogP contribution is -2.50. The number of aromatic nitrogens is 2. The largest absolute Gasteiger partial charge is 0.504 e. The fourth-order valence-electron chi connectivity index (χ4n) is 3.88. The first-order chi connectivity index (χ1) is 13.0. The highest BCUT2D eigenvalue weighted by atomic mass is 19.1. The van der Waals surface area contributed by atoms with E-state index in [1.165, 1.54) is 23.0 Å². The van der Waals surface area contributed by atoms with Gasteiger partial charge in [0.15, 0.2) is 11.4 Å². The summed E-state index contributed by atoms with van der Waals surface area (Å²) in [5, 5.41) is 14.3. The average Bonchev–Trinajstić information content (AvgIpc) is 3.27. The van der Waals surface area contributed by atoms with Crippen molar-refractivity contribution in [2.24, 2.45) is 0 Å². The number of para-hydroxylation sites is 1. The van der Waals surface area contributed by atoms with Crippen molar-refractivity contribution in [3.63, 3.8) is 0 Å². The number of likely N-dealkylation sites (tertiary alicyclic amines) is 2. The van der Waals surface area contributed by atoms with Gasteiger partial charge in [-0.2, -0.15) is 5.10 Å². The van der Waals surface area contributed by atoms with Crippen LogP contribution in [0.1, 0.15) is 36.2 Å². The van der Waals surface area contributed by atoms with Crippen LogP contribution in [-0.2, 0) is 4.79 Å². The molecule has 0 bridgehead atoms. The van der Waals surface area contributed by atoms with Crippen LogP contribution in [0.3, 0.4) is 0 Å². The van der Waals surface area contributed by atoms with Gasteiger partial charge in [-0.25, -0.2) is 9.07 Å². The fourth-order valence-corrected chi connectivity index (χ4v) is 3.88. The van der Waals surface area contributed by atoms with E-state index in [1.807, 2.05) is 4.90 Å². The molecule has 2 aliphatic heterocycles. The standard InChI is InChI=1S/C19H21FN4O3/c20-14-6-1-2-7-15(14)24-12-16(25)18(21-24)19(27)22-9-3-5-13(11-22)23-10-4-8-17(23)26/h1-2,6-7,12-13,25H,3-5,8-11H2. The van der Waals surface area contributed by atoms with Crippen LogP contribution in [0.25, 0.3) is 5.69 Å². The zero-order valence-corrected chi connectivity index (χ0v) is 14.8. The predicted molar refractivity (Wildman–Crippen MR) is 95.1 cm³/mol. The number of aromatic hydroxyl groups is 1. The Labute approximate surface area is 156 Å². The summed E-state index contributed by atoms with van der Waals surface area (Å²) in [6.45, 7) is 1.71. The summed E-state index contributed by atoms with van der Waals surface area (Å²) in [6.07, 6.45) is 4.31. The van der Waals surface area contributed by atoms with Gasteiger partial charge in [0.2, 0.25) is 5.91 Å². The molecule has 0 aliphatic carbocycles. The van der Waals surface area contributed by atoms with Crippen molar-refractivity contribution in [3.05, 3.63) is 42.0 Å². The molecule has 142 valence electrons. The van der Waals surface area contributed by atoms with Crippen LogP contribution in [0.15, 0.2) is 30.5 Å². The second kappa shape index (κ2) is 7.02. The number of hydrogen-bond acceptors (Lipinski definition) is 4. The highest BCUT2D eigenvalue weighted by molar-refractivity contribution is 5.95. The molecule has 0 saturated carbocycles. The number of rotatable bonds is 3. The molecule has 2 aromatic rings. The minimum Gasteiger partial charge on any atom is -0.504 e. The Balaban J connectivity index is 1.54. The van der Waals surface area contributed by atoms with E-state index in [0.29, 0.717) is 19.5 Å². The molecule has 0 radical (unpaired) electrons. The molecular formula is C19H21FN4O3. The number of nitrogens with zero attached hydrogens (tertiary/aromatic N) is 4. The van der Waals surface area contributed by atoms with E-state index < -0.39 is 11.7 Å². The molecule has 3 heterocycles. The van der Waals surface area contributed by atoms with Crippen LogP contribution in [-0.4, -0.2) is 62.2 Å². The summed E-state index contributed by atoms with van der Waals surface area (Å²) in [5.74, 6) is -1.05. The monoisotopic (exact) mass is 372 g/mol. The zero-order chi connectivity index (χ0) is 19.0. The minimum absolute atomic E-state index is 0.00787. The van der Waals surface area contributed by atoms with E-state index in [9.17, 15) is 19.1 Å². The summed E-state index contributed by atoms with van der Waals surface area (Å²) < 4.78 is 15.1. The zero-order valence-electron chi connectivity index (χ0n) is 14.8. The molecule has 2 saturated heterocycles. The molecule has 1 N–H and O–H groups in total. The van der Waals surface area contributed by atoms with Crippen molar-refractivity contribution in [1.82, 2.24) is 19.6 Å². The van der Waals surface area contributed by atoms with Gasteiger partial charge in [-0.05, 0) is 31.4 Å². The Hall–Kier alpha value is -2.90. The second-order valence-corrected chi connectivity index (χ2v) is 7.00. The molecule has 2 aliphatic rings. The van der Waals surface area contributed by atoms with Crippen LogP contribution < -0.4 is 0 Å². The molecule has 1 aromatic heterocycles. The summed E-state index contributed by atoms with van der Waals surface area (Å²) >= 11 is 0. The number of carbonyl (C=O) groups excluding carboxylic acids is 2. The van der Waals surface area contributed by atoms with E-state index in [4.69, 9.17) is 0 Å². The molecule has 2 fully saturated rings. The lowest BCUT2D eigenvalue weighted by molar-refractivity contribution is -0.130. The van der Waals surface area contributed by atoms with Gasteiger partial charge in [0.25, 0.3) is 5.91 Å². The molecule has 4 rings (SSSR count). The molecule has 1 aromatic carbocycles. The fraction of sp³-hybridized carbons (Fsp3) is 0.421. The summed E-state index contributed by atoms with van der Waals surface area (Å²) in [5.41, 5.74) is 0.0534. The van der Waals surface area contributed by atoms with Gasteiger partial charge in [0.1, 0.15) is 11.5 Å². The molecule has 7 nitrogen and oxygen atoms in total. The van der Waals surface area contributed by atoms with E-state index in [0.717, 1.165) is 25.8 Å². The van der Waals surface area contributed by atoms with Crippen molar-refractivity contribution >= 4 is 11.8 Å². The van der Waals surface area contributed by atoms with E-state index >= 15 is 0 Å². The molecule has 27 heavy (non-hydrogen) atoms. The number of piperidine rings is 1. The van der Waals surface area contributed by atoms with E-state index in [-0.39, 0.29) is 29.1 Å². The molecular weight excluding hydrogens is 351 g/mol. The number of carbonyl (C=O) groups is 2. The predicted octanol–water partition coefficient (Wildman–Crippen LogP) is 1.94. The van der Waals surface area contributed by atoms with Gasteiger partial charge < -0.3 is 14.9 Å². The Morgan fingerprint density at radius 1 is 1.22 bits per heavy atom. The number of benzene rings is 1. The van der Waals surface area contributed by atoms with Crippen molar-refractivity contribution < 1.29 is 19.1 Å². The Morgan fingerprint density at radius 3 is 2.78 bits per heavy atom. The first-order valence-electron chi connectivity index (χ1n) is 9.17. The second-order valence-electron chi connectivity index (χ2n) is 7.00. The van der Waals surface area contributed by atoms with Gasteiger partial charge in [-0.3, -0.25) is 9.59 Å². The van der Waals surface area contributed by atoms with Crippen molar-refractivity contribution in [3.8, 4) is 11.4 Å². The van der Waals surface area contributed by atoms with E-state index in [1.54, 1.807) is 17.0 Å². The highest BCUT2D eigenvalue weighted by Gasteiger charge is 2.34. The smallest absolute Gasteiger partial charge is 0.278 e. The minimum atomic E-state index is -0.496. The van der Waals surface area contributed by atoms with Gasteiger partial charge in [0.05, 0.1) is 6.20 Å². The average molecular weight is 372 g/mol. The third-order valence-corrected chi connectivity index (χ3v) is 5.23. The van der Waals surface area contributed by atoms with Crippen LogP contribution >= 0.6 is 0 Å². The number of amides is 2. The first-order valence-corrected chi connectivity index (χ1v) is 9.17. The topological polar surface area (TPSA) is 78.7 Å². The van der Waals surface area contributed by atoms with E-state index in [2.05, 4.69) is 5.10 Å². The quantitative estimate of drug-likeness (QED) is 0.893. The third-order valence-electron chi connectivity index (χ3n) is 5.23. The maximum atomic E-state index is 14.0. The molecule has 1 unspecified atom stereocenters. The molecule has 8 heteroatoms.